The summed E-state index contributed by atoms with van der Waals surface area (Å²) in [5.74, 6) is 1.41. The maximum Gasteiger partial charge on any atom is 0.317 e. The minimum Gasteiger partial charge on any atom is -0.497 e. The molecule has 4 heteroatoms. The number of allylic oxidation sites excluding steroid dienone is 2. The van der Waals surface area contributed by atoms with Crippen LogP contribution in [0.3, 0.4) is 0 Å². The summed E-state index contributed by atoms with van der Waals surface area (Å²) in [7, 11) is 3.47. The normalized spacial score (nSPS) is 17.3. The van der Waals surface area contributed by atoms with Gasteiger partial charge in [0.1, 0.15) is 5.75 Å². The molecular weight excluding hydrogens is 264 g/mol. The van der Waals surface area contributed by atoms with E-state index in [0.29, 0.717) is 12.5 Å². The molecule has 1 aliphatic carbocycles. The molecule has 1 unspecified atom stereocenters. The number of rotatable bonds is 5. The van der Waals surface area contributed by atoms with E-state index in [1.165, 1.54) is 6.42 Å². The Morgan fingerprint density at radius 1 is 1.33 bits per heavy atom. The van der Waals surface area contributed by atoms with Gasteiger partial charge in [-0.2, -0.15) is 0 Å². The van der Waals surface area contributed by atoms with E-state index in [4.69, 9.17) is 4.74 Å². The second-order valence-electron chi connectivity index (χ2n) is 5.54. The number of carbonyl (C=O) groups excluding carboxylic acids is 1. The van der Waals surface area contributed by atoms with Gasteiger partial charge in [0.2, 0.25) is 0 Å². The Hall–Kier alpha value is -1.97. The summed E-state index contributed by atoms with van der Waals surface area (Å²) in [6, 6.07) is 7.77. The monoisotopic (exact) mass is 288 g/mol. The molecule has 0 aliphatic heterocycles. The van der Waals surface area contributed by atoms with Gasteiger partial charge in [0, 0.05) is 20.1 Å². The maximum atomic E-state index is 12.1. The van der Waals surface area contributed by atoms with Crippen LogP contribution in [0.2, 0.25) is 0 Å². The molecule has 1 aliphatic rings. The smallest absolute Gasteiger partial charge is 0.317 e. The largest absolute Gasteiger partial charge is 0.497 e. The van der Waals surface area contributed by atoms with Crippen molar-refractivity contribution >= 4 is 6.03 Å². The van der Waals surface area contributed by atoms with Crippen molar-refractivity contribution < 1.29 is 9.53 Å². The summed E-state index contributed by atoms with van der Waals surface area (Å²) < 4.78 is 5.13. The summed E-state index contributed by atoms with van der Waals surface area (Å²) in [4.78, 5) is 13.8. The third-order valence-corrected chi connectivity index (χ3v) is 3.85. The van der Waals surface area contributed by atoms with E-state index in [-0.39, 0.29) is 6.03 Å². The van der Waals surface area contributed by atoms with E-state index in [0.717, 1.165) is 30.7 Å². The van der Waals surface area contributed by atoms with Crippen LogP contribution in [0.25, 0.3) is 0 Å². The summed E-state index contributed by atoms with van der Waals surface area (Å²) in [5, 5.41) is 3.02. The highest BCUT2D eigenvalue weighted by molar-refractivity contribution is 5.73. The number of nitrogens with one attached hydrogen (secondary N) is 1. The number of methoxy groups -OCH3 is 1. The number of hydrogen-bond donors (Lipinski definition) is 1. The second kappa shape index (κ2) is 7.72. The lowest BCUT2D eigenvalue weighted by atomic mass is 9.94. The van der Waals surface area contributed by atoms with Crippen LogP contribution >= 0.6 is 0 Å². The van der Waals surface area contributed by atoms with E-state index in [9.17, 15) is 4.79 Å². The van der Waals surface area contributed by atoms with Gasteiger partial charge >= 0.3 is 6.03 Å². The Bertz CT molecular complexity index is 482. The molecule has 1 aromatic carbocycles. The molecule has 0 bridgehead atoms. The molecule has 21 heavy (non-hydrogen) atoms. The van der Waals surface area contributed by atoms with Crippen molar-refractivity contribution in [3.05, 3.63) is 42.0 Å². The number of hydrogen-bond acceptors (Lipinski definition) is 2. The third kappa shape index (κ3) is 4.81. The van der Waals surface area contributed by atoms with E-state index in [1.54, 1.807) is 12.0 Å². The number of urea groups is 1. The SMILES string of the molecule is COc1ccc(CN(C)C(=O)NCC2CC=CCC2)cc1. The molecule has 0 fully saturated rings. The fraction of sp³-hybridized carbons (Fsp3) is 0.471. The number of amides is 2. The zero-order chi connectivity index (χ0) is 15.1. The minimum atomic E-state index is -0.0135. The van der Waals surface area contributed by atoms with Crippen molar-refractivity contribution in [2.75, 3.05) is 20.7 Å². The summed E-state index contributed by atoms with van der Waals surface area (Å²) in [5.41, 5.74) is 1.09. The first-order chi connectivity index (χ1) is 10.2. The quantitative estimate of drug-likeness (QED) is 0.845. The van der Waals surface area contributed by atoms with Gasteiger partial charge in [-0.15, -0.1) is 0 Å². The first-order valence-corrected chi connectivity index (χ1v) is 7.46. The Morgan fingerprint density at radius 3 is 2.71 bits per heavy atom. The molecular formula is C17H24N2O2. The predicted octanol–water partition coefficient (Wildman–Crippen LogP) is 3.19. The van der Waals surface area contributed by atoms with Crippen LogP contribution < -0.4 is 10.1 Å². The van der Waals surface area contributed by atoms with Crippen molar-refractivity contribution in [3.63, 3.8) is 0 Å². The molecule has 0 radical (unpaired) electrons. The van der Waals surface area contributed by atoms with Gasteiger partial charge in [0.05, 0.1) is 7.11 Å². The van der Waals surface area contributed by atoms with Crippen molar-refractivity contribution in [1.82, 2.24) is 10.2 Å². The van der Waals surface area contributed by atoms with Crippen molar-refractivity contribution in [3.8, 4) is 5.75 Å². The molecule has 0 spiro atoms. The fourth-order valence-electron chi connectivity index (χ4n) is 2.48. The zero-order valence-corrected chi connectivity index (χ0v) is 12.8. The average molecular weight is 288 g/mol. The summed E-state index contributed by atoms with van der Waals surface area (Å²) in [6.45, 7) is 1.36. The highest BCUT2D eigenvalue weighted by atomic mass is 16.5. The van der Waals surface area contributed by atoms with Gasteiger partial charge in [-0.05, 0) is 42.9 Å². The molecule has 2 rings (SSSR count). The molecule has 2 amide bonds. The lowest BCUT2D eigenvalue weighted by Crippen LogP contribution is -2.39. The highest BCUT2D eigenvalue weighted by Crippen LogP contribution is 2.17. The summed E-state index contributed by atoms with van der Waals surface area (Å²) >= 11 is 0. The van der Waals surface area contributed by atoms with Gasteiger partial charge in [-0.25, -0.2) is 4.79 Å². The lowest BCUT2D eigenvalue weighted by Gasteiger charge is -2.22. The van der Waals surface area contributed by atoms with E-state index >= 15 is 0 Å². The first kappa shape index (κ1) is 15.4. The van der Waals surface area contributed by atoms with Crippen molar-refractivity contribution in [2.24, 2.45) is 5.92 Å². The van der Waals surface area contributed by atoms with Crippen molar-refractivity contribution in [2.45, 2.75) is 25.8 Å². The Labute approximate surface area is 126 Å². The summed E-state index contributed by atoms with van der Waals surface area (Å²) in [6.07, 6.45) is 7.79. The standard InChI is InChI=1S/C17H24N2O2/c1-19(13-15-8-10-16(21-2)11-9-15)17(20)18-12-14-6-4-3-5-7-14/h3-4,8-11,14H,5-7,12-13H2,1-2H3,(H,18,20). The van der Waals surface area contributed by atoms with Gasteiger partial charge in [0.15, 0.2) is 0 Å². The second-order valence-corrected chi connectivity index (χ2v) is 5.54. The maximum absolute atomic E-state index is 12.1. The van der Waals surface area contributed by atoms with Crippen LogP contribution in [-0.4, -0.2) is 31.6 Å². The molecule has 1 N–H and O–H groups in total. The number of benzene rings is 1. The van der Waals surface area contributed by atoms with Gasteiger partial charge in [0.25, 0.3) is 0 Å². The van der Waals surface area contributed by atoms with E-state index in [1.807, 2.05) is 31.3 Å². The van der Waals surface area contributed by atoms with E-state index < -0.39 is 0 Å². The van der Waals surface area contributed by atoms with Crippen LogP contribution in [0.5, 0.6) is 5.75 Å². The molecule has 1 aromatic rings. The lowest BCUT2D eigenvalue weighted by molar-refractivity contribution is 0.204. The Morgan fingerprint density at radius 2 is 2.10 bits per heavy atom. The minimum absolute atomic E-state index is 0.0135. The van der Waals surface area contributed by atoms with Gasteiger partial charge < -0.3 is 15.0 Å². The molecule has 0 saturated heterocycles. The first-order valence-electron chi connectivity index (χ1n) is 7.46. The number of carbonyl (C=O) groups is 1. The van der Waals surface area contributed by atoms with Gasteiger partial charge in [-0.1, -0.05) is 24.3 Å². The molecule has 114 valence electrons. The molecule has 0 aromatic heterocycles. The van der Waals surface area contributed by atoms with Gasteiger partial charge in [-0.3, -0.25) is 0 Å². The van der Waals surface area contributed by atoms with E-state index in [2.05, 4.69) is 17.5 Å². The van der Waals surface area contributed by atoms with Crippen LogP contribution in [0, 0.1) is 5.92 Å². The topological polar surface area (TPSA) is 41.6 Å². The molecule has 1 atom stereocenters. The zero-order valence-electron chi connectivity index (χ0n) is 12.8. The van der Waals surface area contributed by atoms with Crippen molar-refractivity contribution in [1.29, 1.82) is 0 Å². The molecule has 0 saturated carbocycles. The highest BCUT2D eigenvalue weighted by Gasteiger charge is 2.13. The Kier molecular flexibility index (Phi) is 5.67. The van der Waals surface area contributed by atoms with Crippen LogP contribution in [0.1, 0.15) is 24.8 Å². The predicted molar refractivity (Wildman–Crippen MR) is 84.3 cm³/mol. The fourth-order valence-corrected chi connectivity index (χ4v) is 2.48. The average Bonchev–Trinajstić information content (AvgIpc) is 2.54. The van der Waals surface area contributed by atoms with Crippen LogP contribution in [0.4, 0.5) is 4.79 Å². The number of ether oxygens (including phenoxy) is 1. The third-order valence-electron chi connectivity index (χ3n) is 3.85. The van der Waals surface area contributed by atoms with Crippen LogP contribution in [0.15, 0.2) is 36.4 Å². The van der Waals surface area contributed by atoms with Crippen LogP contribution in [-0.2, 0) is 6.54 Å². The molecule has 0 heterocycles. The Balaban J connectivity index is 1.77. The molecule has 4 nitrogen and oxygen atoms in total. The number of nitrogens with zero attached hydrogens (tertiary/aromatic N) is 1.